The molecule has 0 N–H and O–H groups in total. The molecule has 50 heavy (non-hydrogen) atoms. The average Bonchev–Trinajstić information content (AvgIpc) is 3.40. The maximum absolute atomic E-state index is 2.44. The predicted octanol–water partition coefficient (Wildman–Crippen LogP) is 13.7. The lowest BCUT2D eigenvalue weighted by atomic mass is 9.82. The Labute approximate surface area is 292 Å². The van der Waals surface area contributed by atoms with Gasteiger partial charge in [0.2, 0.25) is 0 Å². The average molecular weight is 638 g/mol. The molecule has 1 aliphatic rings. The van der Waals surface area contributed by atoms with Crippen LogP contribution in [0.15, 0.2) is 176 Å². The molecule has 0 spiro atoms. The van der Waals surface area contributed by atoms with Crippen molar-refractivity contribution in [2.24, 2.45) is 0 Å². The molecule has 1 nitrogen and oxygen atoms in total. The van der Waals surface area contributed by atoms with E-state index in [9.17, 15) is 0 Å². The monoisotopic (exact) mass is 637 g/mol. The Bertz CT molecular complexity index is 2800. The molecule has 0 fully saturated rings. The third-order valence-electron chi connectivity index (χ3n) is 11.0. The highest BCUT2D eigenvalue weighted by Gasteiger charge is 2.35. The van der Waals surface area contributed by atoms with E-state index >= 15 is 0 Å². The van der Waals surface area contributed by atoms with Crippen molar-refractivity contribution in [1.82, 2.24) is 0 Å². The largest absolute Gasteiger partial charge is 0.310 e. The smallest absolute Gasteiger partial charge is 0.0468 e. The van der Waals surface area contributed by atoms with Crippen molar-refractivity contribution in [3.63, 3.8) is 0 Å². The minimum absolute atomic E-state index is 0.0439. The lowest BCUT2D eigenvalue weighted by Crippen LogP contribution is -2.15. The third-order valence-corrected chi connectivity index (χ3v) is 11.0. The molecule has 236 valence electrons. The first-order valence-electron chi connectivity index (χ1n) is 17.5. The van der Waals surface area contributed by atoms with Gasteiger partial charge in [0.05, 0.1) is 0 Å². The molecule has 0 radical (unpaired) electrons. The van der Waals surface area contributed by atoms with Gasteiger partial charge in [0.15, 0.2) is 0 Å². The zero-order valence-corrected chi connectivity index (χ0v) is 28.2. The highest BCUT2D eigenvalue weighted by Crippen LogP contribution is 2.51. The van der Waals surface area contributed by atoms with Crippen LogP contribution in [0.1, 0.15) is 25.0 Å². The summed E-state index contributed by atoms with van der Waals surface area (Å²) >= 11 is 0. The van der Waals surface area contributed by atoms with Crippen LogP contribution in [0.2, 0.25) is 0 Å². The van der Waals surface area contributed by atoms with Gasteiger partial charge in [-0.25, -0.2) is 0 Å². The molecule has 0 amide bonds. The van der Waals surface area contributed by atoms with E-state index in [-0.39, 0.29) is 5.41 Å². The molecule has 0 aliphatic heterocycles. The summed E-state index contributed by atoms with van der Waals surface area (Å²) in [5, 5.41) is 10.2. The number of hydrogen-bond acceptors (Lipinski definition) is 1. The lowest BCUT2D eigenvalue weighted by Gasteiger charge is -2.28. The first kappa shape index (κ1) is 28.8. The van der Waals surface area contributed by atoms with Crippen LogP contribution < -0.4 is 4.90 Å². The van der Waals surface area contributed by atoms with Gasteiger partial charge in [-0.05, 0) is 113 Å². The molecule has 9 aromatic carbocycles. The van der Waals surface area contributed by atoms with Crippen LogP contribution >= 0.6 is 0 Å². The number of hydrogen-bond donors (Lipinski definition) is 0. The van der Waals surface area contributed by atoms with E-state index < -0.39 is 0 Å². The zero-order valence-electron chi connectivity index (χ0n) is 28.2. The molecule has 0 saturated heterocycles. The van der Waals surface area contributed by atoms with Crippen molar-refractivity contribution in [1.29, 1.82) is 0 Å². The Morgan fingerprint density at radius 1 is 0.340 bits per heavy atom. The first-order chi connectivity index (χ1) is 24.5. The molecule has 0 heterocycles. The molecule has 9 aromatic rings. The summed E-state index contributed by atoms with van der Waals surface area (Å²) in [5.74, 6) is 0. The summed E-state index contributed by atoms with van der Waals surface area (Å²) in [5.41, 5.74) is 11.2. The summed E-state index contributed by atoms with van der Waals surface area (Å²) in [6.07, 6.45) is 0. The van der Waals surface area contributed by atoms with Crippen LogP contribution in [0.25, 0.3) is 65.3 Å². The number of nitrogens with zero attached hydrogens (tertiary/aromatic N) is 1. The Morgan fingerprint density at radius 2 is 0.900 bits per heavy atom. The van der Waals surface area contributed by atoms with Crippen LogP contribution in [0.3, 0.4) is 0 Å². The molecule has 1 heteroatoms. The maximum atomic E-state index is 2.44. The summed E-state index contributed by atoms with van der Waals surface area (Å²) in [7, 11) is 0. The van der Waals surface area contributed by atoms with Gasteiger partial charge < -0.3 is 4.90 Å². The van der Waals surface area contributed by atoms with Gasteiger partial charge in [0, 0.05) is 22.5 Å². The van der Waals surface area contributed by atoms with Gasteiger partial charge in [-0.2, -0.15) is 0 Å². The van der Waals surface area contributed by atoms with Crippen molar-refractivity contribution in [3.8, 4) is 22.3 Å². The summed E-state index contributed by atoms with van der Waals surface area (Å²) in [6, 6.07) is 65.1. The highest BCUT2D eigenvalue weighted by atomic mass is 15.1. The Morgan fingerprint density at radius 3 is 1.76 bits per heavy atom. The summed E-state index contributed by atoms with van der Waals surface area (Å²) in [4.78, 5) is 2.44. The van der Waals surface area contributed by atoms with Gasteiger partial charge in [0.25, 0.3) is 0 Å². The molecule has 1 aliphatic carbocycles. The molecule has 0 saturated carbocycles. The van der Waals surface area contributed by atoms with Crippen molar-refractivity contribution >= 4 is 60.2 Å². The minimum Gasteiger partial charge on any atom is -0.310 e. The number of benzene rings is 9. The van der Waals surface area contributed by atoms with Crippen molar-refractivity contribution < 1.29 is 0 Å². The summed E-state index contributed by atoms with van der Waals surface area (Å²) in [6.45, 7) is 4.69. The SMILES string of the molecule is CC1(C)c2ccccc2-c2cc(N(c3cccc(-c4cccc5ccccc45)c3)c3ccc4c(ccc5c6ccccc6ccc45)c3)ccc21. The van der Waals surface area contributed by atoms with Gasteiger partial charge in [-0.15, -0.1) is 0 Å². The topological polar surface area (TPSA) is 3.24 Å². The second-order valence-electron chi connectivity index (χ2n) is 14.2. The van der Waals surface area contributed by atoms with Crippen LogP contribution in [0, 0.1) is 0 Å². The fraction of sp³-hybridized carbons (Fsp3) is 0.0612. The van der Waals surface area contributed by atoms with Gasteiger partial charge in [-0.3, -0.25) is 0 Å². The van der Waals surface area contributed by atoms with E-state index in [1.165, 1.54) is 76.5 Å². The van der Waals surface area contributed by atoms with Gasteiger partial charge in [0.1, 0.15) is 0 Å². The Kier molecular flexibility index (Phi) is 6.29. The molecule has 0 atom stereocenters. The van der Waals surface area contributed by atoms with E-state index in [4.69, 9.17) is 0 Å². The van der Waals surface area contributed by atoms with Gasteiger partial charge >= 0.3 is 0 Å². The second kappa shape index (κ2) is 10.9. The molecule has 0 bridgehead atoms. The van der Waals surface area contributed by atoms with E-state index in [2.05, 4.69) is 195 Å². The normalized spacial score (nSPS) is 13.2. The van der Waals surface area contributed by atoms with Crippen LogP contribution in [0.5, 0.6) is 0 Å². The molecule has 10 rings (SSSR count). The predicted molar refractivity (Wildman–Crippen MR) is 214 cm³/mol. The van der Waals surface area contributed by atoms with Crippen molar-refractivity contribution in [3.05, 3.63) is 187 Å². The second-order valence-corrected chi connectivity index (χ2v) is 14.2. The van der Waals surface area contributed by atoms with E-state index in [0.29, 0.717) is 0 Å². The minimum atomic E-state index is -0.0439. The Hall–Kier alpha value is -6.18. The van der Waals surface area contributed by atoms with Crippen molar-refractivity contribution in [2.45, 2.75) is 19.3 Å². The van der Waals surface area contributed by atoms with E-state index in [1.807, 2.05) is 0 Å². The molecule has 0 unspecified atom stereocenters. The fourth-order valence-corrected chi connectivity index (χ4v) is 8.54. The number of anilines is 3. The molecule has 0 aromatic heterocycles. The standard InChI is InChI=1S/C49H35N/c1-49(2)47-20-8-7-18-45(47)46-31-38(24-28-48(46)49)50(36-15-9-14-34(29-36)41-19-10-13-32-11-3-5-16-39(32)41)37-23-27-42-35(30-37)22-26-43-40-17-6-4-12-33(40)21-25-44(42)43/h3-31H,1-2H3. The number of rotatable bonds is 4. The van der Waals surface area contributed by atoms with E-state index in [1.54, 1.807) is 0 Å². The molecular weight excluding hydrogens is 603 g/mol. The quantitative estimate of drug-likeness (QED) is 0.174. The third kappa shape index (κ3) is 4.33. The fourth-order valence-electron chi connectivity index (χ4n) is 8.54. The zero-order chi connectivity index (χ0) is 33.4. The lowest BCUT2D eigenvalue weighted by molar-refractivity contribution is 0.660. The summed E-state index contributed by atoms with van der Waals surface area (Å²) < 4.78 is 0. The van der Waals surface area contributed by atoms with E-state index in [0.717, 1.165) is 17.1 Å². The number of fused-ring (bicyclic) bond motifs is 9. The van der Waals surface area contributed by atoms with Crippen molar-refractivity contribution in [2.75, 3.05) is 4.90 Å². The highest BCUT2D eigenvalue weighted by molar-refractivity contribution is 6.17. The van der Waals surface area contributed by atoms with Crippen LogP contribution in [-0.4, -0.2) is 0 Å². The van der Waals surface area contributed by atoms with Crippen LogP contribution in [0.4, 0.5) is 17.1 Å². The molecular formula is C49H35N. The maximum Gasteiger partial charge on any atom is 0.0468 e. The Balaban J connectivity index is 1.18. The first-order valence-corrected chi connectivity index (χ1v) is 17.5. The van der Waals surface area contributed by atoms with Crippen LogP contribution in [-0.2, 0) is 5.41 Å². The van der Waals surface area contributed by atoms with Gasteiger partial charge in [-0.1, -0.05) is 153 Å².